The number of rotatable bonds is 8. The van der Waals surface area contributed by atoms with Crippen molar-refractivity contribution in [2.24, 2.45) is 5.10 Å². The summed E-state index contributed by atoms with van der Waals surface area (Å²) in [6.45, 7) is 1.56. The average Bonchev–Trinajstić information content (AvgIpc) is 2.76. The Hall–Kier alpha value is -2.33. The van der Waals surface area contributed by atoms with E-state index in [2.05, 4.69) is 42.4 Å². The second kappa shape index (κ2) is 11.0. The molecule has 0 heterocycles. The van der Waals surface area contributed by atoms with Gasteiger partial charge in [-0.15, -0.1) is 0 Å². The third kappa shape index (κ3) is 6.83. The van der Waals surface area contributed by atoms with Crippen molar-refractivity contribution in [1.82, 2.24) is 9.73 Å². The lowest BCUT2D eigenvalue weighted by atomic mass is 10.2. The molecular formula is C23H21Br2N3O3S. The number of sulfonamides is 1. The van der Waals surface area contributed by atoms with E-state index in [0.29, 0.717) is 0 Å². The van der Waals surface area contributed by atoms with Crippen LogP contribution in [0.1, 0.15) is 16.7 Å². The van der Waals surface area contributed by atoms with E-state index in [1.807, 2.05) is 55.5 Å². The van der Waals surface area contributed by atoms with Gasteiger partial charge in [-0.25, -0.2) is 13.8 Å². The highest BCUT2D eigenvalue weighted by Crippen LogP contribution is 2.20. The van der Waals surface area contributed by atoms with Crippen LogP contribution in [0.4, 0.5) is 0 Å². The summed E-state index contributed by atoms with van der Waals surface area (Å²) in [5.41, 5.74) is 4.91. The number of benzene rings is 3. The monoisotopic (exact) mass is 577 g/mol. The molecule has 0 atom stereocenters. The third-order valence-electron chi connectivity index (χ3n) is 4.52. The molecule has 0 saturated carbocycles. The molecule has 0 aliphatic heterocycles. The molecule has 9 heteroatoms. The van der Waals surface area contributed by atoms with Gasteiger partial charge in [-0.2, -0.15) is 9.41 Å². The zero-order valence-corrected chi connectivity index (χ0v) is 21.2. The molecule has 32 heavy (non-hydrogen) atoms. The van der Waals surface area contributed by atoms with Gasteiger partial charge in [0.2, 0.25) is 10.0 Å². The van der Waals surface area contributed by atoms with Crippen LogP contribution in [0.15, 0.2) is 91.7 Å². The summed E-state index contributed by atoms with van der Waals surface area (Å²) in [4.78, 5) is 12.7. The van der Waals surface area contributed by atoms with Crippen molar-refractivity contribution in [3.8, 4) is 0 Å². The Morgan fingerprint density at radius 3 is 2.09 bits per heavy atom. The number of carbonyl (C=O) groups excluding carboxylic acids is 1. The van der Waals surface area contributed by atoms with Gasteiger partial charge in [-0.3, -0.25) is 4.79 Å². The van der Waals surface area contributed by atoms with E-state index in [0.717, 1.165) is 29.9 Å². The lowest BCUT2D eigenvalue weighted by Gasteiger charge is -2.21. The maximum absolute atomic E-state index is 13.3. The molecule has 1 amide bonds. The van der Waals surface area contributed by atoms with Crippen LogP contribution in [0.25, 0.3) is 0 Å². The van der Waals surface area contributed by atoms with Gasteiger partial charge in [0, 0.05) is 15.5 Å². The number of carbonyl (C=O) groups is 1. The highest BCUT2D eigenvalue weighted by molar-refractivity contribution is 9.10. The van der Waals surface area contributed by atoms with Crippen molar-refractivity contribution in [3.05, 3.63) is 98.4 Å². The van der Waals surface area contributed by atoms with Gasteiger partial charge >= 0.3 is 0 Å². The number of nitrogens with one attached hydrogen (secondary N) is 1. The first-order chi connectivity index (χ1) is 15.2. The zero-order chi connectivity index (χ0) is 23.1. The van der Waals surface area contributed by atoms with Crippen molar-refractivity contribution < 1.29 is 13.2 Å². The normalized spacial score (nSPS) is 11.8. The molecule has 0 aliphatic carbocycles. The summed E-state index contributed by atoms with van der Waals surface area (Å²) < 4.78 is 29.5. The van der Waals surface area contributed by atoms with Gasteiger partial charge in [0.15, 0.2) is 0 Å². The zero-order valence-electron chi connectivity index (χ0n) is 17.2. The molecule has 3 aromatic rings. The number of hydrazone groups is 1. The van der Waals surface area contributed by atoms with Crippen LogP contribution >= 0.6 is 31.9 Å². The number of aryl methyl sites for hydroxylation is 1. The topological polar surface area (TPSA) is 78.8 Å². The molecule has 0 saturated heterocycles. The fraction of sp³-hybridized carbons (Fsp3) is 0.130. The first-order valence-corrected chi connectivity index (χ1v) is 12.7. The van der Waals surface area contributed by atoms with Gasteiger partial charge in [0.1, 0.15) is 0 Å². The van der Waals surface area contributed by atoms with Gasteiger partial charge in [-0.05, 0) is 54.4 Å². The van der Waals surface area contributed by atoms with Crippen LogP contribution in [0.3, 0.4) is 0 Å². The Morgan fingerprint density at radius 2 is 1.50 bits per heavy atom. The van der Waals surface area contributed by atoms with Crippen molar-refractivity contribution >= 4 is 54.0 Å². The second-order valence-electron chi connectivity index (χ2n) is 7.06. The average molecular weight is 579 g/mol. The first kappa shape index (κ1) is 24.3. The smallest absolute Gasteiger partial charge is 0.255 e. The van der Waals surface area contributed by atoms with Crippen molar-refractivity contribution in [2.75, 3.05) is 6.54 Å². The van der Waals surface area contributed by atoms with Gasteiger partial charge in [0.05, 0.1) is 17.7 Å². The molecular weight excluding hydrogens is 558 g/mol. The molecule has 0 fully saturated rings. The largest absolute Gasteiger partial charge is 0.272 e. The predicted molar refractivity (Wildman–Crippen MR) is 133 cm³/mol. The van der Waals surface area contributed by atoms with E-state index < -0.39 is 15.9 Å². The molecule has 1 N–H and O–H groups in total. The van der Waals surface area contributed by atoms with Crippen molar-refractivity contribution in [1.29, 1.82) is 0 Å². The molecule has 3 aromatic carbocycles. The molecule has 0 aliphatic rings. The molecule has 0 radical (unpaired) electrons. The highest BCUT2D eigenvalue weighted by Gasteiger charge is 2.27. The standard InChI is InChI=1S/C23H21Br2N3O3S/c1-17-2-12-22(13-3-17)32(30,31)28(15-19-6-10-21(25)11-7-19)16-23(29)27-26-14-18-4-8-20(24)9-5-18/h2-14H,15-16H2,1H3,(H,27,29)/b26-14-. The number of amides is 1. The number of hydrogen-bond donors (Lipinski definition) is 1. The minimum atomic E-state index is -3.90. The summed E-state index contributed by atoms with van der Waals surface area (Å²) in [6, 6.07) is 21.2. The Morgan fingerprint density at radius 1 is 0.938 bits per heavy atom. The molecule has 0 spiro atoms. The molecule has 6 nitrogen and oxygen atoms in total. The molecule has 0 aromatic heterocycles. The van der Waals surface area contributed by atoms with Crippen LogP contribution in [-0.4, -0.2) is 31.4 Å². The lowest BCUT2D eigenvalue weighted by Crippen LogP contribution is -2.39. The summed E-state index contributed by atoms with van der Waals surface area (Å²) >= 11 is 6.73. The van der Waals surface area contributed by atoms with E-state index in [-0.39, 0.29) is 18.0 Å². The Balaban J connectivity index is 1.78. The molecule has 166 valence electrons. The second-order valence-corrected chi connectivity index (χ2v) is 10.8. The quantitative estimate of drug-likeness (QED) is 0.306. The summed E-state index contributed by atoms with van der Waals surface area (Å²) in [6.07, 6.45) is 1.50. The minimum absolute atomic E-state index is 0.0489. The van der Waals surface area contributed by atoms with Gasteiger partial charge in [-0.1, -0.05) is 73.8 Å². The first-order valence-electron chi connectivity index (χ1n) is 9.63. The summed E-state index contributed by atoms with van der Waals surface area (Å²) in [7, 11) is -3.90. The van der Waals surface area contributed by atoms with Crippen LogP contribution in [-0.2, 0) is 21.4 Å². The van der Waals surface area contributed by atoms with Crippen LogP contribution in [0.2, 0.25) is 0 Å². The summed E-state index contributed by atoms with van der Waals surface area (Å²) in [5, 5.41) is 3.94. The van der Waals surface area contributed by atoms with Crippen LogP contribution in [0.5, 0.6) is 0 Å². The Bertz CT molecular complexity index is 1190. The molecule has 3 rings (SSSR count). The van der Waals surface area contributed by atoms with E-state index in [1.165, 1.54) is 6.21 Å². The predicted octanol–water partition coefficient (Wildman–Crippen LogP) is 4.86. The van der Waals surface area contributed by atoms with Gasteiger partial charge < -0.3 is 0 Å². The Kier molecular flexibility index (Phi) is 8.36. The van der Waals surface area contributed by atoms with Crippen LogP contribution in [0, 0.1) is 6.92 Å². The molecule has 0 unspecified atom stereocenters. The summed E-state index contributed by atoms with van der Waals surface area (Å²) in [5.74, 6) is -0.536. The number of hydrogen-bond acceptors (Lipinski definition) is 4. The fourth-order valence-corrected chi connectivity index (χ4v) is 4.71. The maximum Gasteiger partial charge on any atom is 0.255 e. The van der Waals surface area contributed by atoms with E-state index in [4.69, 9.17) is 0 Å². The van der Waals surface area contributed by atoms with Crippen LogP contribution < -0.4 is 5.43 Å². The Labute approximate surface area is 204 Å². The maximum atomic E-state index is 13.3. The number of nitrogens with zero attached hydrogens (tertiary/aromatic N) is 2. The van der Waals surface area contributed by atoms with Crippen molar-refractivity contribution in [3.63, 3.8) is 0 Å². The van der Waals surface area contributed by atoms with Crippen molar-refractivity contribution in [2.45, 2.75) is 18.4 Å². The molecule has 0 bridgehead atoms. The fourth-order valence-electron chi connectivity index (χ4n) is 2.80. The van der Waals surface area contributed by atoms with E-state index in [9.17, 15) is 13.2 Å². The van der Waals surface area contributed by atoms with Gasteiger partial charge in [0.25, 0.3) is 5.91 Å². The number of halogens is 2. The minimum Gasteiger partial charge on any atom is -0.272 e. The lowest BCUT2D eigenvalue weighted by molar-refractivity contribution is -0.121. The highest BCUT2D eigenvalue weighted by atomic mass is 79.9. The SMILES string of the molecule is Cc1ccc(S(=O)(=O)N(CC(=O)N/N=C\c2ccc(Br)cc2)Cc2ccc(Br)cc2)cc1. The van der Waals surface area contributed by atoms with E-state index in [1.54, 1.807) is 24.3 Å². The van der Waals surface area contributed by atoms with E-state index >= 15 is 0 Å². The third-order valence-corrected chi connectivity index (χ3v) is 7.39.